The fraction of sp³-hybridized carbons (Fsp3) is 0.316. The third kappa shape index (κ3) is 5.60. The lowest BCUT2D eigenvalue weighted by Gasteiger charge is -2.10. The number of carbonyl (C=O) groups is 2. The predicted molar refractivity (Wildman–Crippen MR) is 99.1 cm³/mol. The lowest BCUT2D eigenvalue weighted by Crippen LogP contribution is -2.15. The number of rotatable bonds is 8. The van der Waals surface area contributed by atoms with Crippen molar-refractivity contribution in [2.45, 2.75) is 27.0 Å². The maximum atomic E-state index is 11.8. The average molecular weight is 373 g/mol. The van der Waals surface area contributed by atoms with Gasteiger partial charge in [-0.05, 0) is 38.1 Å². The van der Waals surface area contributed by atoms with E-state index in [9.17, 15) is 9.59 Å². The molecule has 1 aromatic heterocycles. The molecule has 0 amide bonds. The van der Waals surface area contributed by atoms with Crippen LogP contribution in [0.3, 0.4) is 0 Å². The first kappa shape index (κ1) is 20.0. The van der Waals surface area contributed by atoms with Crippen LogP contribution in [0.2, 0.25) is 0 Å². The van der Waals surface area contributed by atoms with E-state index >= 15 is 0 Å². The molecule has 1 aromatic carbocycles. The number of nitrogens with zero attached hydrogens (tertiary/aromatic N) is 2. The zero-order valence-corrected chi connectivity index (χ0v) is 15.8. The second-order valence-corrected chi connectivity index (χ2v) is 5.61. The number of nitrogens with one attached hydrogen (secondary N) is 1. The van der Waals surface area contributed by atoms with Crippen molar-refractivity contribution in [1.29, 1.82) is 0 Å². The Bertz CT molecular complexity index is 824. The van der Waals surface area contributed by atoms with Gasteiger partial charge < -0.3 is 19.5 Å². The molecule has 0 aliphatic rings. The molecule has 0 aliphatic carbocycles. The molecule has 0 bridgehead atoms. The van der Waals surface area contributed by atoms with E-state index in [-0.39, 0.29) is 5.70 Å². The SMILES string of the molecule is CCn1cc(COc2ccc(N/C(=C/C(=O)OC)C(=O)OC)cc2)c(C)n1. The van der Waals surface area contributed by atoms with Crippen molar-refractivity contribution in [1.82, 2.24) is 9.78 Å². The largest absolute Gasteiger partial charge is 0.489 e. The van der Waals surface area contributed by atoms with E-state index in [0.717, 1.165) is 23.9 Å². The standard InChI is InChI=1S/C19H23N3O5/c1-5-22-11-14(13(2)21-22)12-27-16-8-6-15(7-9-16)20-17(19(24)26-4)10-18(23)25-3/h6-11,20H,5,12H2,1-4H3/b17-10+. The quantitative estimate of drug-likeness (QED) is 0.561. The number of anilines is 1. The second kappa shape index (κ2) is 9.42. The van der Waals surface area contributed by atoms with Crippen LogP contribution in [-0.4, -0.2) is 35.9 Å². The van der Waals surface area contributed by atoms with Crippen molar-refractivity contribution in [2.24, 2.45) is 0 Å². The van der Waals surface area contributed by atoms with Crippen LogP contribution >= 0.6 is 0 Å². The van der Waals surface area contributed by atoms with Gasteiger partial charge in [0.25, 0.3) is 0 Å². The zero-order chi connectivity index (χ0) is 19.8. The van der Waals surface area contributed by atoms with Gasteiger partial charge in [0, 0.05) is 24.0 Å². The zero-order valence-electron chi connectivity index (χ0n) is 15.8. The van der Waals surface area contributed by atoms with E-state index in [4.69, 9.17) is 4.74 Å². The molecule has 0 atom stereocenters. The molecule has 1 N–H and O–H groups in total. The molecule has 8 heteroatoms. The van der Waals surface area contributed by atoms with Gasteiger partial charge in [-0.2, -0.15) is 5.10 Å². The fourth-order valence-corrected chi connectivity index (χ4v) is 2.25. The highest BCUT2D eigenvalue weighted by Crippen LogP contribution is 2.19. The highest BCUT2D eigenvalue weighted by atomic mass is 16.5. The van der Waals surface area contributed by atoms with Crippen molar-refractivity contribution >= 4 is 17.6 Å². The Balaban J connectivity index is 2.02. The predicted octanol–water partition coefficient (Wildman–Crippen LogP) is 2.43. The fourth-order valence-electron chi connectivity index (χ4n) is 2.25. The molecule has 2 rings (SSSR count). The monoisotopic (exact) mass is 373 g/mol. The number of esters is 2. The lowest BCUT2D eigenvalue weighted by molar-refractivity contribution is -0.138. The number of carbonyl (C=O) groups excluding carboxylic acids is 2. The first-order chi connectivity index (χ1) is 13.0. The molecule has 144 valence electrons. The molecule has 0 aliphatic heterocycles. The number of hydrogen-bond donors (Lipinski definition) is 1. The van der Waals surface area contributed by atoms with Crippen LogP contribution in [0.5, 0.6) is 5.75 Å². The highest BCUT2D eigenvalue weighted by molar-refractivity contribution is 5.98. The Morgan fingerprint density at radius 1 is 1.19 bits per heavy atom. The minimum atomic E-state index is -0.677. The van der Waals surface area contributed by atoms with Gasteiger partial charge in [-0.3, -0.25) is 4.68 Å². The van der Waals surface area contributed by atoms with Crippen LogP contribution in [-0.2, 0) is 32.2 Å². The van der Waals surface area contributed by atoms with E-state index in [2.05, 4.69) is 19.9 Å². The molecule has 0 radical (unpaired) electrons. The first-order valence-corrected chi connectivity index (χ1v) is 8.37. The summed E-state index contributed by atoms with van der Waals surface area (Å²) in [6.07, 6.45) is 3.00. The molecule has 8 nitrogen and oxygen atoms in total. The number of methoxy groups -OCH3 is 2. The van der Waals surface area contributed by atoms with Crippen LogP contribution in [0.15, 0.2) is 42.2 Å². The average Bonchev–Trinajstić information content (AvgIpc) is 3.05. The summed E-state index contributed by atoms with van der Waals surface area (Å²) in [5.41, 5.74) is 2.53. The molecule has 0 spiro atoms. The van der Waals surface area contributed by atoms with Crippen molar-refractivity contribution in [3.63, 3.8) is 0 Å². The summed E-state index contributed by atoms with van der Waals surface area (Å²) in [6, 6.07) is 6.97. The molecule has 0 unspecified atom stereocenters. The lowest BCUT2D eigenvalue weighted by atomic mass is 10.2. The molecular formula is C19H23N3O5. The third-order valence-electron chi connectivity index (χ3n) is 3.77. The minimum Gasteiger partial charge on any atom is -0.489 e. The van der Waals surface area contributed by atoms with Gasteiger partial charge in [-0.15, -0.1) is 0 Å². The summed E-state index contributed by atoms with van der Waals surface area (Å²) in [7, 11) is 2.46. The Morgan fingerprint density at radius 3 is 2.44 bits per heavy atom. The van der Waals surface area contributed by atoms with Gasteiger partial charge in [0.15, 0.2) is 0 Å². The van der Waals surface area contributed by atoms with Crippen molar-refractivity contribution in [2.75, 3.05) is 19.5 Å². The molecule has 0 saturated carbocycles. The van der Waals surface area contributed by atoms with E-state index in [0.29, 0.717) is 18.0 Å². The van der Waals surface area contributed by atoms with Crippen molar-refractivity contribution in [3.8, 4) is 5.75 Å². The van der Waals surface area contributed by atoms with Gasteiger partial charge >= 0.3 is 11.9 Å². The molecule has 0 fully saturated rings. The highest BCUT2D eigenvalue weighted by Gasteiger charge is 2.13. The number of hydrogen-bond acceptors (Lipinski definition) is 7. The summed E-state index contributed by atoms with van der Waals surface area (Å²) < 4.78 is 16.8. The van der Waals surface area contributed by atoms with Crippen LogP contribution in [0.25, 0.3) is 0 Å². The van der Waals surface area contributed by atoms with E-state index in [1.165, 1.54) is 14.2 Å². The van der Waals surface area contributed by atoms with E-state index < -0.39 is 11.9 Å². The maximum Gasteiger partial charge on any atom is 0.354 e. The van der Waals surface area contributed by atoms with E-state index in [1.807, 2.05) is 24.7 Å². The van der Waals surface area contributed by atoms with Crippen molar-refractivity contribution in [3.05, 3.63) is 53.5 Å². The number of aryl methyl sites for hydroxylation is 2. The summed E-state index contributed by atoms with van der Waals surface area (Å²) >= 11 is 0. The summed E-state index contributed by atoms with van der Waals surface area (Å²) in [6.45, 7) is 5.19. The summed E-state index contributed by atoms with van der Waals surface area (Å²) in [5.74, 6) is -0.671. The normalized spacial score (nSPS) is 11.0. The molecule has 2 aromatic rings. The van der Waals surface area contributed by atoms with Crippen molar-refractivity contribution < 1.29 is 23.8 Å². The molecule has 27 heavy (non-hydrogen) atoms. The number of aromatic nitrogens is 2. The smallest absolute Gasteiger partial charge is 0.354 e. The van der Waals surface area contributed by atoms with Gasteiger partial charge in [0.1, 0.15) is 18.1 Å². The summed E-state index contributed by atoms with van der Waals surface area (Å²) in [5, 5.41) is 7.22. The van der Waals surface area contributed by atoms with E-state index in [1.54, 1.807) is 24.3 Å². The van der Waals surface area contributed by atoms with Crippen LogP contribution in [0.1, 0.15) is 18.2 Å². The minimum absolute atomic E-state index is 0.0272. The number of benzene rings is 1. The third-order valence-corrected chi connectivity index (χ3v) is 3.77. The Labute approximate surface area is 157 Å². The van der Waals surface area contributed by atoms with Crippen LogP contribution < -0.4 is 10.1 Å². The first-order valence-electron chi connectivity index (χ1n) is 8.37. The van der Waals surface area contributed by atoms with Gasteiger partial charge in [-0.25, -0.2) is 9.59 Å². The van der Waals surface area contributed by atoms with Crippen LogP contribution in [0.4, 0.5) is 5.69 Å². The maximum absolute atomic E-state index is 11.8. The van der Waals surface area contributed by atoms with Gasteiger partial charge in [0.2, 0.25) is 0 Å². The number of ether oxygens (including phenoxy) is 3. The molecular weight excluding hydrogens is 350 g/mol. The second-order valence-electron chi connectivity index (χ2n) is 5.61. The summed E-state index contributed by atoms with van der Waals surface area (Å²) in [4.78, 5) is 23.1. The topological polar surface area (TPSA) is 91.7 Å². The van der Waals surface area contributed by atoms with Gasteiger partial charge in [0.05, 0.1) is 26.0 Å². The Hall–Kier alpha value is -3.29. The molecule has 0 saturated heterocycles. The van der Waals surface area contributed by atoms with Gasteiger partial charge in [-0.1, -0.05) is 0 Å². The molecule has 1 heterocycles. The Morgan fingerprint density at radius 2 is 1.89 bits per heavy atom. The Kier molecular flexibility index (Phi) is 6.99. The van der Waals surface area contributed by atoms with Crippen LogP contribution in [0, 0.1) is 6.92 Å².